The number of carboxylic acids is 1. The van der Waals surface area contributed by atoms with Gasteiger partial charge in [0.1, 0.15) is 5.84 Å². The van der Waals surface area contributed by atoms with E-state index < -0.39 is 29.3 Å². The van der Waals surface area contributed by atoms with Gasteiger partial charge < -0.3 is 20.6 Å². The summed E-state index contributed by atoms with van der Waals surface area (Å²) in [5.74, 6) is -2.61. The lowest BCUT2D eigenvalue weighted by atomic mass is 10.0. The highest BCUT2D eigenvalue weighted by atomic mass is 19.4. The number of benzene rings is 1. The number of aliphatic carboxylic acids is 1. The average molecular weight is 316 g/mol. The Labute approximate surface area is 122 Å². The molecule has 1 aromatic rings. The summed E-state index contributed by atoms with van der Waals surface area (Å²) in [6, 6.07) is 3.65. The summed E-state index contributed by atoms with van der Waals surface area (Å²) in [5, 5.41) is 31.0. The fourth-order valence-corrected chi connectivity index (χ4v) is 1.81. The molecule has 0 aliphatic carbocycles. The Balaban J connectivity index is 2.44. The van der Waals surface area contributed by atoms with Crippen molar-refractivity contribution in [3.05, 3.63) is 46.8 Å². The van der Waals surface area contributed by atoms with E-state index in [4.69, 9.17) is 5.11 Å². The first kappa shape index (κ1) is 15.8. The minimum absolute atomic E-state index is 0.0757. The van der Waals surface area contributed by atoms with Gasteiger partial charge in [0.2, 0.25) is 0 Å². The predicted molar refractivity (Wildman–Crippen MR) is 69.0 cm³/mol. The number of halogens is 3. The third-order valence-corrected chi connectivity index (χ3v) is 3.17. The highest BCUT2D eigenvalue weighted by molar-refractivity contribution is 6.03. The normalized spacial score (nSPS) is 22.1. The second kappa shape index (κ2) is 5.02. The molecule has 0 radical (unpaired) electrons. The molecule has 0 bridgehead atoms. The first-order chi connectivity index (χ1) is 10.1. The molecule has 2 rings (SSSR count). The Hall–Kier alpha value is -2.55. The summed E-state index contributed by atoms with van der Waals surface area (Å²) in [7, 11) is 0. The van der Waals surface area contributed by atoms with Crippen molar-refractivity contribution in [3.8, 4) is 0 Å². The minimum Gasteiger partial charge on any atom is -0.494 e. The molecule has 6 nitrogen and oxygen atoms in total. The first-order valence-electron chi connectivity index (χ1n) is 5.96. The van der Waals surface area contributed by atoms with Crippen molar-refractivity contribution in [2.24, 2.45) is 4.99 Å². The van der Waals surface area contributed by atoms with Crippen molar-refractivity contribution >= 4 is 11.8 Å². The molecule has 0 fully saturated rings. The van der Waals surface area contributed by atoms with Crippen molar-refractivity contribution < 1.29 is 33.3 Å². The van der Waals surface area contributed by atoms with Gasteiger partial charge in [-0.2, -0.15) is 13.2 Å². The Kier molecular flexibility index (Phi) is 3.61. The van der Waals surface area contributed by atoms with E-state index in [2.05, 4.69) is 10.3 Å². The molecule has 1 heterocycles. The van der Waals surface area contributed by atoms with E-state index in [1.807, 2.05) is 0 Å². The van der Waals surface area contributed by atoms with Crippen LogP contribution in [0.2, 0.25) is 0 Å². The molecule has 118 valence electrons. The van der Waals surface area contributed by atoms with E-state index in [0.29, 0.717) is 0 Å². The van der Waals surface area contributed by atoms with Gasteiger partial charge >= 0.3 is 12.1 Å². The van der Waals surface area contributed by atoms with Gasteiger partial charge in [-0.3, -0.25) is 0 Å². The van der Waals surface area contributed by atoms with E-state index in [0.717, 1.165) is 31.2 Å². The van der Waals surface area contributed by atoms with Crippen molar-refractivity contribution in [1.29, 1.82) is 0 Å². The van der Waals surface area contributed by atoms with Crippen molar-refractivity contribution in [1.82, 2.24) is 5.32 Å². The van der Waals surface area contributed by atoms with E-state index in [1.54, 1.807) is 0 Å². The minimum atomic E-state index is -4.51. The number of aliphatic imine (C=N–C) groups is 1. The molecule has 0 spiro atoms. The lowest BCUT2D eigenvalue weighted by Gasteiger charge is -2.27. The van der Waals surface area contributed by atoms with Gasteiger partial charge in [-0.1, -0.05) is 12.1 Å². The summed E-state index contributed by atoms with van der Waals surface area (Å²) in [6.45, 7) is 1.16. The zero-order valence-electron chi connectivity index (χ0n) is 11.1. The Bertz CT molecular complexity index is 680. The van der Waals surface area contributed by atoms with E-state index >= 15 is 0 Å². The SMILES string of the molecule is CC1=C(O)NC(c2ccc(C(F)(F)F)cc2)=NC1(O)C(=O)O. The average Bonchev–Trinajstić information content (AvgIpc) is 2.43. The van der Waals surface area contributed by atoms with Crippen LogP contribution in [0.15, 0.2) is 40.7 Å². The summed E-state index contributed by atoms with van der Waals surface area (Å²) in [6.07, 6.45) is -4.51. The van der Waals surface area contributed by atoms with Crippen LogP contribution in [0, 0.1) is 0 Å². The molecule has 1 unspecified atom stereocenters. The van der Waals surface area contributed by atoms with Gasteiger partial charge in [0.05, 0.1) is 11.1 Å². The Morgan fingerprint density at radius 2 is 1.82 bits per heavy atom. The number of carbonyl (C=O) groups is 1. The van der Waals surface area contributed by atoms with Gasteiger partial charge in [0.15, 0.2) is 5.88 Å². The molecule has 1 atom stereocenters. The molecular formula is C13H11F3N2O4. The van der Waals surface area contributed by atoms with Crippen LogP contribution in [0.5, 0.6) is 0 Å². The van der Waals surface area contributed by atoms with E-state index in [-0.39, 0.29) is 17.0 Å². The van der Waals surface area contributed by atoms with Gasteiger partial charge in [-0.05, 0) is 19.1 Å². The zero-order chi connectivity index (χ0) is 16.7. The summed E-state index contributed by atoms with van der Waals surface area (Å²) in [4.78, 5) is 14.7. The molecule has 4 N–H and O–H groups in total. The third-order valence-electron chi connectivity index (χ3n) is 3.17. The Morgan fingerprint density at radius 3 is 2.27 bits per heavy atom. The molecule has 0 aromatic heterocycles. The summed E-state index contributed by atoms with van der Waals surface area (Å²) < 4.78 is 37.5. The second-order valence-electron chi connectivity index (χ2n) is 4.61. The molecule has 22 heavy (non-hydrogen) atoms. The van der Waals surface area contributed by atoms with Crippen LogP contribution in [0.4, 0.5) is 13.2 Å². The zero-order valence-corrected chi connectivity index (χ0v) is 11.1. The number of amidine groups is 1. The maximum absolute atomic E-state index is 12.5. The van der Waals surface area contributed by atoms with Crippen molar-refractivity contribution in [2.45, 2.75) is 18.8 Å². The maximum Gasteiger partial charge on any atom is 0.416 e. The smallest absolute Gasteiger partial charge is 0.416 e. The molecule has 0 amide bonds. The molecule has 0 saturated heterocycles. The number of nitrogens with one attached hydrogen (secondary N) is 1. The summed E-state index contributed by atoms with van der Waals surface area (Å²) in [5.41, 5.74) is -3.84. The molecule has 0 saturated carbocycles. The number of hydrogen-bond donors (Lipinski definition) is 4. The number of alkyl halides is 3. The standard InChI is InChI=1S/C13H11F3N2O4/c1-6-10(19)17-9(18-12(6,22)11(20)21)7-2-4-8(5-3-7)13(14,15)16/h2-5,19,22H,1H3,(H,17,18)(H,20,21). The second-order valence-corrected chi connectivity index (χ2v) is 4.61. The van der Waals surface area contributed by atoms with Gasteiger partial charge in [-0.15, -0.1) is 0 Å². The highest BCUT2D eigenvalue weighted by Gasteiger charge is 2.43. The van der Waals surface area contributed by atoms with Gasteiger partial charge in [0.25, 0.3) is 5.72 Å². The van der Waals surface area contributed by atoms with Crippen LogP contribution in [-0.2, 0) is 11.0 Å². The number of rotatable bonds is 2. The lowest BCUT2D eigenvalue weighted by Crippen LogP contribution is -2.46. The fourth-order valence-electron chi connectivity index (χ4n) is 1.81. The van der Waals surface area contributed by atoms with Crippen LogP contribution in [-0.4, -0.2) is 32.8 Å². The number of hydrogen-bond acceptors (Lipinski definition) is 5. The summed E-state index contributed by atoms with van der Waals surface area (Å²) >= 11 is 0. The highest BCUT2D eigenvalue weighted by Crippen LogP contribution is 2.30. The molecule has 1 aliphatic rings. The monoisotopic (exact) mass is 316 g/mol. The van der Waals surface area contributed by atoms with Crippen LogP contribution in [0.1, 0.15) is 18.1 Å². The first-order valence-corrected chi connectivity index (χ1v) is 5.96. The Morgan fingerprint density at radius 1 is 1.27 bits per heavy atom. The van der Waals surface area contributed by atoms with Crippen LogP contribution >= 0.6 is 0 Å². The van der Waals surface area contributed by atoms with E-state index in [9.17, 15) is 28.2 Å². The predicted octanol–water partition coefficient (Wildman–Crippen LogP) is 1.62. The van der Waals surface area contributed by atoms with Crippen LogP contribution < -0.4 is 5.32 Å². The maximum atomic E-state index is 12.5. The van der Waals surface area contributed by atoms with Crippen molar-refractivity contribution in [2.75, 3.05) is 0 Å². The largest absolute Gasteiger partial charge is 0.494 e. The molecular weight excluding hydrogens is 305 g/mol. The number of carboxylic acid groups (broad SMARTS) is 1. The van der Waals surface area contributed by atoms with Crippen molar-refractivity contribution in [3.63, 3.8) is 0 Å². The molecule has 1 aliphatic heterocycles. The molecule has 1 aromatic carbocycles. The quantitative estimate of drug-likeness (QED) is 0.664. The number of aliphatic hydroxyl groups excluding tert-OH is 1. The van der Waals surface area contributed by atoms with Crippen LogP contribution in [0.25, 0.3) is 0 Å². The fraction of sp³-hybridized carbons (Fsp3) is 0.231. The number of nitrogens with zero attached hydrogens (tertiary/aromatic N) is 1. The molecule has 9 heteroatoms. The van der Waals surface area contributed by atoms with Gasteiger partial charge in [-0.25, -0.2) is 9.79 Å². The number of aliphatic hydroxyl groups is 2. The van der Waals surface area contributed by atoms with Crippen LogP contribution in [0.3, 0.4) is 0 Å². The third kappa shape index (κ3) is 2.62. The van der Waals surface area contributed by atoms with Gasteiger partial charge in [0, 0.05) is 5.56 Å². The topological polar surface area (TPSA) is 102 Å². The lowest BCUT2D eigenvalue weighted by molar-refractivity contribution is -0.154. The van der Waals surface area contributed by atoms with E-state index in [1.165, 1.54) is 0 Å².